The summed E-state index contributed by atoms with van der Waals surface area (Å²) in [5.41, 5.74) is 1.07. The molecule has 3 atom stereocenters. The molecule has 0 saturated carbocycles. The first-order valence-electron chi connectivity index (χ1n) is 8.11. The van der Waals surface area contributed by atoms with E-state index in [2.05, 4.69) is 4.90 Å². The summed E-state index contributed by atoms with van der Waals surface area (Å²) in [4.78, 5) is 16.3. The molecule has 0 aliphatic carbocycles. The number of halogens is 1. The third-order valence-electron chi connectivity index (χ3n) is 4.58. The minimum atomic E-state index is -4.69. The zero-order chi connectivity index (χ0) is 19.7. The van der Waals surface area contributed by atoms with Gasteiger partial charge in [0.2, 0.25) is 0 Å². The minimum Gasteiger partial charge on any atom is -0.466 e. The maximum Gasteiger partial charge on any atom is 0.312 e. The maximum atomic E-state index is 12.3. The highest BCUT2D eigenvalue weighted by molar-refractivity contribution is 5.83. The van der Waals surface area contributed by atoms with Crippen molar-refractivity contribution in [2.75, 3.05) is 23.5 Å². The summed E-state index contributed by atoms with van der Waals surface area (Å²) < 4.78 is 38.0. The fourth-order valence-electron chi connectivity index (χ4n) is 3.61. The molecule has 26 heavy (non-hydrogen) atoms. The van der Waals surface area contributed by atoms with Gasteiger partial charge in [0.15, 0.2) is 0 Å². The Bertz CT molecular complexity index is 644. The normalized spacial score (nSPS) is 27.2. The Morgan fingerprint density at radius 1 is 1.35 bits per heavy atom. The fraction of sp³-hybridized carbons (Fsp3) is 0.562. The van der Waals surface area contributed by atoms with E-state index in [0.29, 0.717) is 19.4 Å². The Labute approximate surface area is 153 Å². The van der Waals surface area contributed by atoms with E-state index in [1.807, 2.05) is 50.1 Å². The summed E-state index contributed by atoms with van der Waals surface area (Å²) in [6, 6.07) is 7.95. The number of benzene rings is 1. The summed E-state index contributed by atoms with van der Waals surface area (Å²) in [7, 11) is -2.73. The molecule has 0 aromatic heterocycles. The lowest BCUT2D eigenvalue weighted by Crippen LogP contribution is -2.62. The number of piperidine rings is 1. The highest BCUT2D eigenvalue weighted by atomic mass is 35.7. The van der Waals surface area contributed by atoms with Gasteiger partial charge in [-0.3, -0.25) is 4.79 Å². The second kappa shape index (κ2) is 7.55. The molecule has 3 unspecified atom stereocenters. The summed E-state index contributed by atoms with van der Waals surface area (Å²) >= 11 is 0. The number of esters is 1. The minimum absolute atomic E-state index is 0.178. The van der Waals surface area contributed by atoms with E-state index in [-0.39, 0.29) is 18.1 Å². The third-order valence-corrected chi connectivity index (χ3v) is 4.58. The van der Waals surface area contributed by atoms with Crippen molar-refractivity contribution in [3.63, 3.8) is 0 Å². The van der Waals surface area contributed by atoms with E-state index in [9.17, 15) is 9.90 Å². The molecular weight excluding hydrogens is 368 g/mol. The van der Waals surface area contributed by atoms with Crippen LogP contribution >= 0.6 is 0 Å². The van der Waals surface area contributed by atoms with Crippen molar-refractivity contribution in [1.82, 2.24) is 0 Å². The highest BCUT2D eigenvalue weighted by Gasteiger charge is 2.52. The van der Waals surface area contributed by atoms with Crippen LogP contribution < -0.4 is 23.8 Å². The third kappa shape index (κ3) is 4.37. The van der Waals surface area contributed by atoms with Crippen LogP contribution in [0.15, 0.2) is 24.3 Å². The summed E-state index contributed by atoms with van der Waals surface area (Å²) in [6.45, 7) is 4.02. The number of nitrogens with zero attached hydrogens (tertiary/aromatic N) is 2. The molecule has 0 spiro atoms. The molecule has 1 fully saturated rings. The molecule has 146 valence electrons. The van der Waals surface area contributed by atoms with Crippen molar-refractivity contribution < 1.29 is 43.5 Å². The molecule has 2 aliphatic heterocycles. The average Bonchev–Trinajstić information content (AvgIpc) is 2.81. The van der Waals surface area contributed by atoms with Crippen molar-refractivity contribution in [1.29, 1.82) is 0 Å². The molecule has 0 amide bonds. The molecule has 2 aliphatic rings. The van der Waals surface area contributed by atoms with E-state index < -0.39 is 16.0 Å². The molecule has 1 saturated heterocycles. The number of rotatable bonds is 2. The fourth-order valence-corrected chi connectivity index (χ4v) is 3.61. The van der Waals surface area contributed by atoms with Crippen LogP contribution in [-0.4, -0.2) is 41.3 Å². The van der Waals surface area contributed by atoms with E-state index in [0.717, 1.165) is 11.4 Å². The van der Waals surface area contributed by atoms with Crippen LogP contribution in [0.5, 0.6) is 0 Å². The van der Waals surface area contributed by atoms with Gasteiger partial charge in [0.05, 0.1) is 38.8 Å². The summed E-state index contributed by atoms with van der Waals surface area (Å²) in [5.74, 6) is -0.426. The van der Waals surface area contributed by atoms with Gasteiger partial charge in [-0.2, -0.15) is 14.0 Å². The van der Waals surface area contributed by atoms with Crippen molar-refractivity contribution >= 4 is 17.3 Å². The predicted molar refractivity (Wildman–Crippen MR) is 83.3 cm³/mol. The highest BCUT2D eigenvalue weighted by Crippen LogP contribution is 2.49. The molecule has 2 N–H and O–H groups in total. The Hall–Kier alpha value is -1.62. The predicted octanol–water partition coefficient (Wildman–Crippen LogP) is -2.17. The average molecular weight is 391 g/mol. The first-order valence-corrected chi connectivity index (χ1v) is 9.37. The molecule has 0 bridgehead atoms. The number of ether oxygens (including phenoxy) is 1. The molecule has 1 aromatic carbocycles. The summed E-state index contributed by atoms with van der Waals surface area (Å²) in [6.07, 6.45) is 0.991. The smallest absolute Gasteiger partial charge is 0.312 e. The van der Waals surface area contributed by atoms with Crippen LogP contribution in [0.3, 0.4) is 0 Å². The number of hydrogen-bond acceptors (Lipinski definition) is 9. The Balaban J connectivity index is 0.000000431. The number of para-hydroxylation sites is 2. The number of carbonyl (C=O) groups is 1. The van der Waals surface area contributed by atoms with Crippen LogP contribution in [-0.2, 0) is 9.53 Å². The van der Waals surface area contributed by atoms with Gasteiger partial charge in [-0.05, 0) is 38.8 Å². The number of aliphatic hydroxyl groups is 1. The molecule has 10 heteroatoms. The summed E-state index contributed by atoms with van der Waals surface area (Å²) in [5, 5.41) is 10.8. The van der Waals surface area contributed by atoms with Crippen LogP contribution in [0.4, 0.5) is 11.4 Å². The molecule has 1 aromatic rings. The van der Waals surface area contributed by atoms with Gasteiger partial charge in [0.25, 0.3) is 0 Å². The second-order valence-electron chi connectivity index (χ2n) is 6.39. The van der Waals surface area contributed by atoms with E-state index in [4.69, 9.17) is 23.4 Å². The van der Waals surface area contributed by atoms with Crippen LogP contribution in [0.2, 0.25) is 0 Å². The topological polar surface area (TPSA) is 142 Å². The first-order chi connectivity index (χ1) is 12.0. The Kier molecular flexibility index (Phi) is 6.01. The second-order valence-corrected chi connectivity index (χ2v) is 7.19. The standard InChI is InChI=1S/C16H22N2O3.ClHO4/c1-4-21-15(19)11-9-10-16(2,20)18-13-8-6-5-7-12(13)17(3)14(11)18;2-1(3,4)5/h5-8,11,14,20H,4,9-10H2,1-3H3;(H,2,3,4,5). The Morgan fingerprint density at radius 2 is 1.88 bits per heavy atom. The largest absolute Gasteiger partial charge is 0.466 e. The number of carbonyl (C=O) groups excluding carboxylic acids is 1. The van der Waals surface area contributed by atoms with E-state index in [1.165, 1.54) is 0 Å². The lowest BCUT2D eigenvalue weighted by Gasteiger charge is -2.48. The van der Waals surface area contributed by atoms with Crippen molar-refractivity contribution in [2.45, 2.75) is 38.6 Å². The van der Waals surface area contributed by atoms with Crippen LogP contribution in [0, 0.1) is 16.2 Å². The van der Waals surface area contributed by atoms with E-state index >= 15 is 0 Å². The van der Waals surface area contributed by atoms with Gasteiger partial charge in [-0.25, -0.2) is 0 Å². The number of hydrogen-bond donors (Lipinski definition) is 2. The van der Waals surface area contributed by atoms with Crippen molar-refractivity contribution in [2.24, 2.45) is 5.92 Å². The lowest BCUT2D eigenvalue weighted by atomic mass is 9.88. The van der Waals surface area contributed by atoms with Gasteiger partial charge in [0.1, 0.15) is 11.9 Å². The molecular formula is C16H23ClN2O7. The van der Waals surface area contributed by atoms with Crippen LogP contribution in [0.1, 0.15) is 26.7 Å². The zero-order valence-corrected chi connectivity index (χ0v) is 15.5. The van der Waals surface area contributed by atoms with E-state index in [1.54, 1.807) is 0 Å². The molecule has 3 rings (SSSR count). The molecule has 2 heterocycles. The first kappa shape index (κ1) is 20.7. The molecule has 9 nitrogen and oxygen atoms in total. The van der Waals surface area contributed by atoms with Crippen LogP contribution in [0.25, 0.3) is 0 Å². The Morgan fingerprint density at radius 3 is 2.42 bits per heavy atom. The van der Waals surface area contributed by atoms with Gasteiger partial charge in [0, 0.05) is 7.05 Å². The van der Waals surface area contributed by atoms with Gasteiger partial charge in [-0.15, -0.1) is 0 Å². The van der Waals surface area contributed by atoms with Gasteiger partial charge >= 0.3 is 5.97 Å². The van der Waals surface area contributed by atoms with Gasteiger partial charge < -0.3 is 19.6 Å². The lowest BCUT2D eigenvalue weighted by molar-refractivity contribution is -1.92. The quantitative estimate of drug-likeness (QED) is 0.539. The number of fused-ring (bicyclic) bond motifs is 3. The molecule has 0 radical (unpaired) electrons. The van der Waals surface area contributed by atoms with Crippen molar-refractivity contribution in [3.05, 3.63) is 24.3 Å². The zero-order valence-electron chi connectivity index (χ0n) is 14.8. The maximum absolute atomic E-state index is 12.3. The monoisotopic (exact) mass is 390 g/mol. The van der Waals surface area contributed by atoms with Gasteiger partial charge in [-0.1, -0.05) is 12.1 Å². The SMILES string of the molecule is CCOC(=O)C1CCC(C)(O)N2c3ccccc3N(C)C12.[O-][Cl+3]([O-])([O-])O. The van der Waals surface area contributed by atoms with Crippen molar-refractivity contribution in [3.8, 4) is 0 Å². The number of anilines is 2.